The number of anilines is 1. The predicted molar refractivity (Wildman–Crippen MR) is 148 cm³/mol. The van der Waals surface area contributed by atoms with Gasteiger partial charge in [0.05, 0.1) is 20.2 Å². The van der Waals surface area contributed by atoms with Crippen molar-refractivity contribution in [2.45, 2.75) is 52.6 Å². The highest BCUT2D eigenvalue weighted by Gasteiger charge is 2.39. The molecule has 0 bridgehead atoms. The number of benzene rings is 2. The summed E-state index contributed by atoms with van der Waals surface area (Å²) in [5.41, 5.74) is -1.02. The molecule has 0 unspecified atom stereocenters. The Morgan fingerprint density at radius 1 is 0.857 bits per heavy atom. The number of amides is 1. The van der Waals surface area contributed by atoms with Crippen molar-refractivity contribution >= 4 is 31.6 Å². The van der Waals surface area contributed by atoms with Crippen LogP contribution in [0.5, 0.6) is 0 Å². The van der Waals surface area contributed by atoms with E-state index in [1.54, 1.807) is 29.3 Å². The molecule has 2 aliphatic rings. The summed E-state index contributed by atoms with van der Waals surface area (Å²) in [5.74, 6) is 0.482. The van der Waals surface area contributed by atoms with E-state index in [0.29, 0.717) is 17.7 Å². The number of pyridine rings is 1. The van der Waals surface area contributed by atoms with Crippen molar-refractivity contribution in [2.75, 3.05) is 31.1 Å². The van der Waals surface area contributed by atoms with Gasteiger partial charge in [0.1, 0.15) is 5.82 Å². The van der Waals surface area contributed by atoms with E-state index in [1.807, 2.05) is 0 Å². The molecule has 2 aromatic carbocycles. The maximum absolute atomic E-state index is 13.8. The third-order valence-corrected chi connectivity index (χ3v) is 10.8. The van der Waals surface area contributed by atoms with Gasteiger partial charge in [0.15, 0.2) is 0 Å². The number of piperidine rings is 1. The number of hydrogen-bond donors (Lipinski definition) is 1. The number of halogens is 3. The van der Waals surface area contributed by atoms with E-state index in [1.165, 1.54) is 24.3 Å². The Morgan fingerprint density at radius 3 is 2.17 bits per heavy atom. The van der Waals surface area contributed by atoms with Crippen molar-refractivity contribution in [1.29, 1.82) is 0 Å². The summed E-state index contributed by atoms with van der Waals surface area (Å²) in [5, 5.41) is 0. The molecular formula is C28H29F3N4O5S2. The molecule has 0 radical (unpaired) electrons. The van der Waals surface area contributed by atoms with Gasteiger partial charge in [-0.1, -0.05) is 18.2 Å². The molecule has 0 aliphatic carbocycles. The van der Waals surface area contributed by atoms with Gasteiger partial charge >= 0.3 is 6.18 Å². The number of aromatic nitrogens is 1. The van der Waals surface area contributed by atoms with Crippen LogP contribution in [0.3, 0.4) is 0 Å². The Balaban J connectivity index is 1.32. The lowest BCUT2D eigenvalue weighted by Gasteiger charge is -2.32. The van der Waals surface area contributed by atoms with Crippen LogP contribution in [-0.2, 0) is 26.0 Å². The molecule has 0 spiro atoms. The van der Waals surface area contributed by atoms with Gasteiger partial charge < -0.3 is 9.80 Å². The molecule has 1 aromatic heterocycles. The van der Waals surface area contributed by atoms with Crippen LogP contribution in [0, 0.1) is 0 Å². The summed E-state index contributed by atoms with van der Waals surface area (Å²) >= 11 is 0. The molecule has 14 heteroatoms. The number of hydrogen-bond acceptors (Lipinski definition) is 7. The number of nitrogens with zero attached hydrogens (tertiary/aromatic N) is 3. The van der Waals surface area contributed by atoms with Gasteiger partial charge in [-0.3, -0.25) is 4.79 Å². The number of alkyl halides is 3. The van der Waals surface area contributed by atoms with E-state index in [-0.39, 0.29) is 36.7 Å². The minimum Gasteiger partial charge on any atom is -0.357 e. The Hall–Kier alpha value is -3.49. The average Bonchev–Trinajstić information content (AvgIpc) is 3.52. The van der Waals surface area contributed by atoms with Crippen molar-refractivity contribution in [3.05, 3.63) is 78.0 Å². The Bertz CT molecular complexity index is 1670. The maximum atomic E-state index is 13.8. The van der Waals surface area contributed by atoms with Crippen molar-refractivity contribution in [2.24, 2.45) is 0 Å². The first-order valence-electron chi connectivity index (χ1n) is 13.4. The summed E-state index contributed by atoms with van der Waals surface area (Å²) < 4.78 is 96.5. The zero-order valence-electron chi connectivity index (χ0n) is 22.4. The predicted octanol–water partition coefficient (Wildman–Crippen LogP) is 4.12. The van der Waals surface area contributed by atoms with Crippen molar-refractivity contribution in [1.82, 2.24) is 14.6 Å². The van der Waals surface area contributed by atoms with Gasteiger partial charge in [0.2, 0.25) is 19.9 Å². The summed E-state index contributed by atoms with van der Waals surface area (Å²) in [4.78, 5) is 19.2. The van der Waals surface area contributed by atoms with Crippen LogP contribution in [0.4, 0.5) is 19.0 Å². The first-order chi connectivity index (χ1) is 19.9. The van der Waals surface area contributed by atoms with Crippen LogP contribution >= 0.6 is 0 Å². The second kappa shape index (κ2) is 11.7. The molecule has 42 heavy (non-hydrogen) atoms. The summed E-state index contributed by atoms with van der Waals surface area (Å²) in [6, 6.07) is 11.4. The van der Waals surface area contributed by atoms with Crippen LogP contribution in [0.1, 0.15) is 41.6 Å². The molecule has 2 aliphatic heterocycles. The van der Waals surface area contributed by atoms with Crippen LogP contribution < -0.4 is 9.62 Å². The van der Waals surface area contributed by atoms with Crippen LogP contribution in [-0.4, -0.2) is 64.8 Å². The zero-order valence-corrected chi connectivity index (χ0v) is 24.1. The summed E-state index contributed by atoms with van der Waals surface area (Å²) in [6.07, 6.45) is -1.03. The lowest BCUT2D eigenvalue weighted by molar-refractivity contribution is -0.139. The zero-order chi connectivity index (χ0) is 30.1. The third kappa shape index (κ3) is 6.30. The molecular weight excluding hydrogens is 593 g/mol. The van der Waals surface area contributed by atoms with Gasteiger partial charge in [-0.05, 0) is 68.1 Å². The molecule has 0 atom stereocenters. The van der Waals surface area contributed by atoms with Crippen molar-refractivity contribution < 1.29 is 34.8 Å². The molecule has 9 nitrogen and oxygen atoms in total. The molecule has 1 N–H and O–H groups in total. The van der Waals surface area contributed by atoms with Crippen LogP contribution in [0.2, 0.25) is 0 Å². The molecule has 5 rings (SSSR count). The lowest BCUT2D eigenvalue weighted by atomic mass is 10.1. The number of sulfone groups is 1. The fourth-order valence-electron chi connectivity index (χ4n) is 5.20. The van der Waals surface area contributed by atoms with Crippen LogP contribution in [0.25, 0.3) is 0 Å². The van der Waals surface area contributed by atoms with Gasteiger partial charge in [-0.2, -0.15) is 13.2 Å². The Morgan fingerprint density at radius 2 is 1.52 bits per heavy atom. The largest absolute Gasteiger partial charge is 0.417 e. The van der Waals surface area contributed by atoms with E-state index in [2.05, 4.69) is 14.6 Å². The second-order valence-electron chi connectivity index (χ2n) is 10.3. The average molecular weight is 623 g/mol. The molecule has 2 fully saturated rings. The van der Waals surface area contributed by atoms with Gasteiger partial charge in [-0.15, -0.1) is 0 Å². The van der Waals surface area contributed by atoms with Gasteiger partial charge in [0, 0.05) is 44.0 Å². The fourth-order valence-corrected chi connectivity index (χ4v) is 8.14. The number of sulfonamides is 1. The first-order valence-corrected chi connectivity index (χ1v) is 16.4. The number of rotatable bonds is 7. The smallest absolute Gasteiger partial charge is 0.357 e. The molecule has 224 valence electrons. The van der Waals surface area contributed by atoms with E-state index >= 15 is 0 Å². The van der Waals surface area contributed by atoms with Crippen LogP contribution in [0.15, 0.2) is 81.5 Å². The number of nitrogens with one attached hydrogen (secondary N) is 1. The SMILES string of the molecule is O=C(c1ccnc(N2CCCC2)c1)N1CCC(NS(=O)(=O)c2cc(S(=O)(=O)c3ccccc3)ccc2C(F)(F)F)CC1. The van der Waals surface area contributed by atoms with E-state index in [0.717, 1.165) is 37.8 Å². The second-order valence-corrected chi connectivity index (χ2v) is 13.9. The quantitative estimate of drug-likeness (QED) is 0.422. The topological polar surface area (TPSA) is 117 Å². The molecule has 2 saturated heterocycles. The Kier molecular flexibility index (Phi) is 8.32. The monoisotopic (exact) mass is 622 g/mol. The highest BCUT2D eigenvalue weighted by atomic mass is 32.2. The fraction of sp³-hybridized carbons (Fsp3) is 0.357. The summed E-state index contributed by atoms with van der Waals surface area (Å²) in [7, 11) is -9.08. The summed E-state index contributed by atoms with van der Waals surface area (Å²) in [6.45, 7) is 2.10. The lowest BCUT2D eigenvalue weighted by Crippen LogP contribution is -2.46. The standard InChI is InChI=1S/C28H29F3N4O5S2/c29-28(30,31)24-9-8-23(41(37,38)22-6-2-1-3-7-22)19-25(24)42(39,40)33-21-11-16-35(17-12-21)27(36)20-10-13-32-26(18-20)34-14-4-5-15-34/h1-3,6-10,13,18-19,21,33H,4-5,11-12,14-17H2. The normalized spacial score (nSPS) is 17.0. The van der Waals surface area contributed by atoms with Crippen molar-refractivity contribution in [3.63, 3.8) is 0 Å². The molecule has 1 amide bonds. The minimum atomic E-state index is -5.05. The van der Waals surface area contributed by atoms with Gasteiger partial charge in [0.25, 0.3) is 5.91 Å². The van der Waals surface area contributed by atoms with Crippen molar-refractivity contribution in [3.8, 4) is 0 Å². The first kappa shape index (κ1) is 30.0. The Labute approximate surface area is 242 Å². The number of carbonyl (C=O) groups excluding carboxylic acids is 1. The number of carbonyl (C=O) groups is 1. The molecule has 3 heterocycles. The van der Waals surface area contributed by atoms with E-state index in [4.69, 9.17) is 0 Å². The highest BCUT2D eigenvalue weighted by molar-refractivity contribution is 7.91. The molecule has 3 aromatic rings. The third-order valence-electron chi connectivity index (χ3n) is 7.44. The number of likely N-dealkylation sites (tertiary alicyclic amines) is 1. The maximum Gasteiger partial charge on any atom is 0.417 e. The minimum absolute atomic E-state index is 0.165. The van der Waals surface area contributed by atoms with E-state index < -0.39 is 47.4 Å². The highest BCUT2D eigenvalue weighted by Crippen LogP contribution is 2.36. The molecule has 0 saturated carbocycles. The van der Waals surface area contributed by atoms with E-state index in [9.17, 15) is 34.8 Å². The van der Waals surface area contributed by atoms with Gasteiger partial charge in [-0.25, -0.2) is 26.5 Å².